The van der Waals surface area contributed by atoms with Crippen molar-refractivity contribution in [3.05, 3.63) is 130 Å². The molecule has 43 heavy (non-hydrogen) atoms. The van der Waals surface area contributed by atoms with E-state index >= 15 is 0 Å². The van der Waals surface area contributed by atoms with Gasteiger partial charge in [0.2, 0.25) is 11.8 Å². The summed E-state index contributed by atoms with van der Waals surface area (Å²) in [5.41, 5.74) is 2.65. The van der Waals surface area contributed by atoms with E-state index in [1.165, 1.54) is 17.0 Å². The zero-order valence-corrected chi connectivity index (χ0v) is 26.2. The normalized spacial score (nSPS) is 11.9. The van der Waals surface area contributed by atoms with Gasteiger partial charge < -0.3 is 10.2 Å². The Morgan fingerprint density at radius 3 is 2.12 bits per heavy atom. The van der Waals surface area contributed by atoms with Gasteiger partial charge >= 0.3 is 0 Å². The van der Waals surface area contributed by atoms with Gasteiger partial charge in [0.25, 0.3) is 10.0 Å². The van der Waals surface area contributed by atoms with E-state index < -0.39 is 28.5 Å². The van der Waals surface area contributed by atoms with Crippen LogP contribution in [-0.2, 0) is 32.6 Å². The lowest BCUT2D eigenvalue weighted by Crippen LogP contribution is -2.53. The summed E-state index contributed by atoms with van der Waals surface area (Å²) in [6.07, 6.45) is 0.218. The first-order valence-electron chi connectivity index (χ1n) is 13.8. The molecule has 0 heterocycles. The van der Waals surface area contributed by atoms with Crippen molar-refractivity contribution in [3.63, 3.8) is 0 Å². The number of carbonyl (C=O) groups is 2. The molecule has 0 aliphatic carbocycles. The van der Waals surface area contributed by atoms with Crippen LogP contribution in [0.2, 0.25) is 10.0 Å². The predicted octanol–water partition coefficient (Wildman–Crippen LogP) is 6.27. The molecule has 1 atom stereocenters. The third-order valence-electron chi connectivity index (χ3n) is 6.86. The molecule has 4 aromatic rings. The van der Waals surface area contributed by atoms with Crippen molar-refractivity contribution in [3.8, 4) is 0 Å². The Morgan fingerprint density at radius 1 is 0.814 bits per heavy atom. The van der Waals surface area contributed by atoms with Crippen LogP contribution in [0.4, 0.5) is 5.69 Å². The van der Waals surface area contributed by atoms with Crippen LogP contribution in [0, 0.1) is 6.92 Å². The molecule has 0 saturated carbocycles. The second kappa shape index (κ2) is 14.6. The van der Waals surface area contributed by atoms with Crippen LogP contribution in [0.5, 0.6) is 0 Å². The van der Waals surface area contributed by atoms with Crippen molar-refractivity contribution in [1.82, 2.24) is 10.2 Å². The van der Waals surface area contributed by atoms with Gasteiger partial charge in [-0.2, -0.15) is 0 Å². The molecule has 4 rings (SSSR count). The van der Waals surface area contributed by atoms with Gasteiger partial charge in [0.1, 0.15) is 12.6 Å². The highest BCUT2D eigenvalue weighted by atomic mass is 35.5. The summed E-state index contributed by atoms with van der Waals surface area (Å²) in [4.78, 5) is 29.4. The highest BCUT2D eigenvalue weighted by Crippen LogP contribution is 2.27. The number of rotatable bonds is 12. The zero-order chi connectivity index (χ0) is 31.0. The van der Waals surface area contributed by atoms with Gasteiger partial charge in [-0.1, -0.05) is 89.9 Å². The third kappa shape index (κ3) is 8.16. The number of halogens is 2. The van der Waals surface area contributed by atoms with Gasteiger partial charge in [-0.15, -0.1) is 0 Å². The molecule has 1 N–H and O–H groups in total. The molecule has 224 valence electrons. The van der Waals surface area contributed by atoms with Crippen molar-refractivity contribution in [2.45, 2.75) is 37.8 Å². The summed E-state index contributed by atoms with van der Waals surface area (Å²) in [7, 11) is -4.15. The first-order chi connectivity index (χ1) is 20.6. The molecule has 10 heteroatoms. The van der Waals surface area contributed by atoms with E-state index in [1.54, 1.807) is 61.5 Å². The molecule has 4 aromatic carbocycles. The Hall–Kier alpha value is -3.85. The van der Waals surface area contributed by atoms with Crippen LogP contribution >= 0.6 is 23.2 Å². The lowest BCUT2D eigenvalue weighted by atomic mass is 10.0. The van der Waals surface area contributed by atoms with Crippen molar-refractivity contribution < 1.29 is 18.0 Å². The number of aryl methyl sites for hydroxylation is 1. The number of likely N-dealkylation sites (N-methyl/N-ethyl adjacent to an activating group) is 1. The molecule has 0 aliphatic rings. The van der Waals surface area contributed by atoms with Crippen molar-refractivity contribution in [1.29, 1.82) is 0 Å². The molecule has 0 fully saturated rings. The topological polar surface area (TPSA) is 86.8 Å². The molecule has 0 radical (unpaired) electrons. The first-order valence-corrected chi connectivity index (χ1v) is 16.0. The van der Waals surface area contributed by atoms with Gasteiger partial charge in [-0.25, -0.2) is 8.42 Å². The van der Waals surface area contributed by atoms with E-state index in [0.29, 0.717) is 27.8 Å². The van der Waals surface area contributed by atoms with E-state index in [9.17, 15) is 18.0 Å². The van der Waals surface area contributed by atoms with E-state index in [4.69, 9.17) is 23.2 Å². The minimum Gasteiger partial charge on any atom is -0.355 e. The SMILES string of the molecule is CCNC(=O)C(Cc1ccccc1)N(Cc1ccc(Cl)c(Cl)c1)C(=O)CN(c1cccc(C)c1)S(=O)(=O)c1ccccc1. The van der Waals surface area contributed by atoms with E-state index in [-0.39, 0.29) is 23.8 Å². The summed E-state index contributed by atoms with van der Waals surface area (Å²) in [5.74, 6) is -0.910. The Labute approximate surface area is 263 Å². The summed E-state index contributed by atoms with van der Waals surface area (Å²) in [6, 6.07) is 28.3. The number of nitrogens with one attached hydrogen (secondary N) is 1. The minimum absolute atomic E-state index is 0.00258. The number of carbonyl (C=O) groups excluding carboxylic acids is 2. The van der Waals surface area contributed by atoms with Gasteiger partial charge in [0.05, 0.1) is 20.6 Å². The fourth-order valence-electron chi connectivity index (χ4n) is 4.71. The van der Waals surface area contributed by atoms with Gasteiger partial charge in [0.15, 0.2) is 0 Å². The maximum atomic E-state index is 14.4. The lowest BCUT2D eigenvalue weighted by molar-refractivity contribution is -0.140. The molecule has 2 amide bonds. The summed E-state index contributed by atoms with van der Waals surface area (Å²) in [5, 5.41) is 3.50. The smallest absolute Gasteiger partial charge is 0.264 e. The summed E-state index contributed by atoms with van der Waals surface area (Å²) in [6.45, 7) is 3.47. The second-order valence-corrected chi connectivity index (χ2v) is 12.7. The number of amides is 2. The molecular weight excluding hydrogens is 605 g/mol. The Balaban J connectivity index is 1.80. The van der Waals surface area contributed by atoms with Crippen molar-refractivity contribution in [2.75, 3.05) is 17.4 Å². The van der Waals surface area contributed by atoms with Crippen LogP contribution in [0.25, 0.3) is 0 Å². The Kier molecular flexibility index (Phi) is 10.9. The highest BCUT2D eigenvalue weighted by Gasteiger charge is 2.34. The maximum absolute atomic E-state index is 14.4. The standard InChI is InChI=1S/C33H33Cl2N3O4S/c1-3-36-33(40)31(21-25-12-6-4-7-13-25)37(22-26-17-18-29(34)30(35)20-26)32(39)23-38(27-14-10-11-24(2)19-27)43(41,42)28-15-8-5-9-16-28/h4-20,31H,3,21-23H2,1-2H3,(H,36,40). The average Bonchev–Trinajstić information content (AvgIpc) is 3.00. The molecular formula is C33H33Cl2N3O4S. The van der Waals surface area contributed by atoms with Crippen molar-refractivity contribution >= 4 is 50.7 Å². The number of sulfonamides is 1. The van der Waals surface area contributed by atoms with Gasteiger partial charge in [-0.05, 0) is 66.9 Å². The molecule has 0 spiro atoms. The third-order valence-corrected chi connectivity index (χ3v) is 9.39. The largest absolute Gasteiger partial charge is 0.355 e. The molecule has 0 aromatic heterocycles. The molecule has 0 saturated heterocycles. The van der Waals surface area contributed by atoms with Crippen LogP contribution in [0.1, 0.15) is 23.6 Å². The monoisotopic (exact) mass is 637 g/mol. The predicted molar refractivity (Wildman–Crippen MR) is 172 cm³/mol. The number of benzene rings is 4. The maximum Gasteiger partial charge on any atom is 0.264 e. The quantitative estimate of drug-likeness (QED) is 0.198. The first kappa shape index (κ1) is 32.1. The van der Waals surface area contributed by atoms with E-state index in [1.807, 2.05) is 43.3 Å². The summed E-state index contributed by atoms with van der Waals surface area (Å²) < 4.78 is 29.1. The number of hydrogen-bond donors (Lipinski definition) is 1. The van der Waals surface area contributed by atoms with Crippen LogP contribution < -0.4 is 9.62 Å². The molecule has 1 unspecified atom stereocenters. The van der Waals surface area contributed by atoms with Crippen molar-refractivity contribution in [2.24, 2.45) is 0 Å². The number of hydrogen-bond acceptors (Lipinski definition) is 4. The van der Waals surface area contributed by atoms with Gasteiger partial charge in [-0.3, -0.25) is 13.9 Å². The highest BCUT2D eigenvalue weighted by molar-refractivity contribution is 7.92. The average molecular weight is 639 g/mol. The fourth-order valence-corrected chi connectivity index (χ4v) is 6.46. The van der Waals surface area contributed by atoms with E-state index in [0.717, 1.165) is 15.4 Å². The molecule has 7 nitrogen and oxygen atoms in total. The number of nitrogens with zero attached hydrogens (tertiary/aromatic N) is 2. The zero-order valence-electron chi connectivity index (χ0n) is 23.9. The van der Waals surface area contributed by atoms with E-state index in [2.05, 4.69) is 5.32 Å². The van der Waals surface area contributed by atoms with Crippen LogP contribution in [0.15, 0.2) is 108 Å². The Morgan fingerprint density at radius 2 is 1.49 bits per heavy atom. The molecule has 0 aliphatic heterocycles. The minimum atomic E-state index is -4.15. The summed E-state index contributed by atoms with van der Waals surface area (Å²) >= 11 is 12.5. The lowest BCUT2D eigenvalue weighted by Gasteiger charge is -2.34. The molecule has 0 bridgehead atoms. The number of anilines is 1. The van der Waals surface area contributed by atoms with Crippen LogP contribution in [-0.4, -0.2) is 44.3 Å². The Bertz CT molecular complexity index is 1670. The second-order valence-electron chi connectivity index (χ2n) is 10.0. The van der Waals surface area contributed by atoms with Crippen LogP contribution in [0.3, 0.4) is 0 Å². The fraction of sp³-hybridized carbons (Fsp3) is 0.212. The van der Waals surface area contributed by atoms with Gasteiger partial charge in [0, 0.05) is 19.5 Å².